The summed E-state index contributed by atoms with van der Waals surface area (Å²) in [6.45, 7) is 0.679. The minimum absolute atomic E-state index is 0.00347. The number of anilines is 1. The van der Waals surface area contributed by atoms with E-state index in [9.17, 15) is 9.90 Å². The molecular formula is C11H18N4O2. The number of hydrogen-bond donors (Lipinski definition) is 3. The molecule has 0 spiro atoms. The number of carbonyl (C=O) groups excluding carboxylic acids is 1. The van der Waals surface area contributed by atoms with Crippen LogP contribution in [-0.4, -0.2) is 45.3 Å². The van der Waals surface area contributed by atoms with E-state index >= 15 is 0 Å². The Balaban J connectivity index is 2.18. The summed E-state index contributed by atoms with van der Waals surface area (Å²) in [5.74, 6) is 0.146. The molecule has 17 heavy (non-hydrogen) atoms. The first-order valence-corrected chi connectivity index (χ1v) is 5.94. The summed E-state index contributed by atoms with van der Waals surface area (Å²) in [5, 5.41) is 15.7. The van der Waals surface area contributed by atoms with E-state index in [0.29, 0.717) is 12.1 Å². The molecule has 1 aliphatic heterocycles. The molecule has 1 unspecified atom stereocenters. The van der Waals surface area contributed by atoms with Crippen molar-refractivity contribution in [1.82, 2.24) is 15.1 Å². The lowest BCUT2D eigenvalue weighted by molar-refractivity contribution is 0.0601. The standard InChI is InChI=1S/C11H18N4O2/c12-10-9(6-13-14-10)11(17)15-5-3-1-2-4-8(15)7-16/h6,8,16H,1-5,7H2,(H3,12,13,14). The van der Waals surface area contributed by atoms with Crippen molar-refractivity contribution in [2.75, 3.05) is 18.9 Å². The van der Waals surface area contributed by atoms with Crippen molar-refractivity contribution in [1.29, 1.82) is 0 Å². The molecule has 1 fully saturated rings. The highest BCUT2D eigenvalue weighted by Crippen LogP contribution is 2.20. The number of aliphatic hydroxyl groups excluding tert-OH is 1. The van der Waals surface area contributed by atoms with Crippen LogP contribution in [0.5, 0.6) is 0 Å². The number of carbonyl (C=O) groups is 1. The van der Waals surface area contributed by atoms with E-state index in [-0.39, 0.29) is 24.4 Å². The maximum Gasteiger partial charge on any atom is 0.259 e. The number of nitrogens with zero attached hydrogens (tertiary/aromatic N) is 2. The maximum atomic E-state index is 12.3. The lowest BCUT2D eigenvalue weighted by atomic mass is 10.1. The molecule has 2 heterocycles. The molecule has 0 radical (unpaired) electrons. The van der Waals surface area contributed by atoms with E-state index in [1.165, 1.54) is 6.20 Å². The lowest BCUT2D eigenvalue weighted by Gasteiger charge is -2.28. The van der Waals surface area contributed by atoms with Gasteiger partial charge in [0.1, 0.15) is 11.4 Å². The van der Waals surface area contributed by atoms with Crippen molar-refractivity contribution in [3.8, 4) is 0 Å². The van der Waals surface area contributed by atoms with Gasteiger partial charge in [-0.1, -0.05) is 12.8 Å². The van der Waals surface area contributed by atoms with Crippen molar-refractivity contribution in [2.24, 2.45) is 0 Å². The minimum Gasteiger partial charge on any atom is -0.394 e. The number of aromatic nitrogens is 2. The van der Waals surface area contributed by atoms with Gasteiger partial charge in [0, 0.05) is 6.54 Å². The van der Waals surface area contributed by atoms with Crippen LogP contribution in [0.4, 0.5) is 5.82 Å². The van der Waals surface area contributed by atoms with E-state index in [1.54, 1.807) is 4.90 Å². The largest absolute Gasteiger partial charge is 0.394 e. The van der Waals surface area contributed by atoms with E-state index in [0.717, 1.165) is 25.7 Å². The van der Waals surface area contributed by atoms with Crippen molar-refractivity contribution in [3.63, 3.8) is 0 Å². The third-order valence-electron chi connectivity index (χ3n) is 3.25. The lowest BCUT2D eigenvalue weighted by Crippen LogP contribution is -2.42. The fourth-order valence-corrected chi connectivity index (χ4v) is 2.26. The molecule has 6 nitrogen and oxygen atoms in total. The first kappa shape index (κ1) is 11.9. The Kier molecular flexibility index (Phi) is 3.63. The molecule has 4 N–H and O–H groups in total. The van der Waals surface area contributed by atoms with Crippen molar-refractivity contribution >= 4 is 11.7 Å². The van der Waals surface area contributed by atoms with Gasteiger partial charge in [0.2, 0.25) is 0 Å². The number of nitrogens with one attached hydrogen (secondary N) is 1. The van der Waals surface area contributed by atoms with Gasteiger partial charge in [0.15, 0.2) is 0 Å². The average molecular weight is 238 g/mol. The fourth-order valence-electron chi connectivity index (χ4n) is 2.26. The molecule has 0 aromatic carbocycles. The first-order valence-electron chi connectivity index (χ1n) is 5.94. The van der Waals surface area contributed by atoms with Crippen LogP contribution in [0.3, 0.4) is 0 Å². The van der Waals surface area contributed by atoms with Crippen LogP contribution >= 0.6 is 0 Å². The van der Waals surface area contributed by atoms with Gasteiger partial charge in [0.05, 0.1) is 18.8 Å². The molecular weight excluding hydrogens is 220 g/mol. The number of rotatable bonds is 2. The topological polar surface area (TPSA) is 95.2 Å². The van der Waals surface area contributed by atoms with Gasteiger partial charge in [-0.25, -0.2) is 0 Å². The second kappa shape index (κ2) is 5.18. The Hall–Kier alpha value is -1.56. The van der Waals surface area contributed by atoms with Crippen LogP contribution in [0, 0.1) is 0 Å². The number of aliphatic hydroxyl groups is 1. The number of H-pyrrole nitrogens is 1. The van der Waals surface area contributed by atoms with Crippen LogP contribution in [0.2, 0.25) is 0 Å². The number of hydrogen-bond acceptors (Lipinski definition) is 4. The summed E-state index contributed by atoms with van der Waals surface area (Å²) < 4.78 is 0. The predicted molar refractivity (Wildman–Crippen MR) is 63.4 cm³/mol. The average Bonchev–Trinajstić information content (AvgIpc) is 2.64. The Morgan fingerprint density at radius 3 is 3.06 bits per heavy atom. The number of nitrogens with two attached hydrogens (primary N) is 1. The Morgan fingerprint density at radius 1 is 1.59 bits per heavy atom. The van der Waals surface area contributed by atoms with E-state index in [1.807, 2.05) is 0 Å². The van der Waals surface area contributed by atoms with Crippen LogP contribution in [-0.2, 0) is 0 Å². The third kappa shape index (κ3) is 2.41. The Bertz CT molecular complexity index is 391. The van der Waals surface area contributed by atoms with E-state index in [4.69, 9.17) is 5.73 Å². The predicted octanol–water partition coefficient (Wildman–Crippen LogP) is 0.369. The maximum absolute atomic E-state index is 12.3. The Morgan fingerprint density at radius 2 is 2.41 bits per heavy atom. The third-order valence-corrected chi connectivity index (χ3v) is 3.25. The molecule has 1 saturated heterocycles. The zero-order valence-electron chi connectivity index (χ0n) is 9.72. The molecule has 1 atom stereocenters. The first-order chi connectivity index (χ1) is 8.24. The van der Waals surface area contributed by atoms with Crippen molar-refractivity contribution in [3.05, 3.63) is 11.8 Å². The SMILES string of the molecule is Nc1[nH]ncc1C(=O)N1CCCCCC1CO. The highest BCUT2D eigenvalue weighted by molar-refractivity contribution is 5.98. The van der Waals surface area contributed by atoms with Crippen LogP contribution in [0.1, 0.15) is 36.0 Å². The number of nitrogen functional groups attached to an aromatic ring is 1. The van der Waals surface area contributed by atoms with Gasteiger partial charge < -0.3 is 15.7 Å². The summed E-state index contributed by atoms with van der Waals surface area (Å²) in [7, 11) is 0. The van der Waals surface area contributed by atoms with Gasteiger partial charge in [-0.15, -0.1) is 0 Å². The van der Waals surface area contributed by atoms with E-state index in [2.05, 4.69) is 10.2 Å². The zero-order chi connectivity index (χ0) is 12.3. The molecule has 6 heteroatoms. The molecule has 1 aromatic rings. The number of aromatic amines is 1. The van der Waals surface area contributed by atoms with Crippen LogP contribution in [0.25, 0.3) is 0 Å². The van der Waals surface area contributed by atoms with Gasteiger partial charge in [-0.3, -0.25) is 9.89 Å². The van der Waals surface area contributed by atoms with Gasteiger partial charge in [-0.05, 0) is 12.8 Å². The molecule has 0 bridgehead atoms. The summed E-state index contributed by atoms with van der Waals surface area (Å²) >= 11 is 0. The highest BCUT2D eigenvalue weighted by atomic mass is 16.3. The van der Waals surface area contributed by atoms with E-state index < -0.39 is 0 Å². The second-order valence-electron chi connectivity index (χ2n) is 4.38. The van der Waals surface area contributed by atoms with Gasteiger partial charge >= 0.3 is 0 Å². The smallest absolute Gasteiger partial charge is 0.259 e. The summed E-state index contributed by atoms with van der Waals surface area (Å²) in [6.07, 6.45) is 5.41. The quantitative estimate of drug-likeness (QED) is 0.693. The summed E-state index contributed by atoms with van der Waals surface area (Å²) in [6, 6.07) is -0.0979. The highest BCUT2D eigenvalue weighted by Gasteiger charge is 2.27. The molecule has 2 rings (SSSR count). The Labute approximate surface area is 99.8 Å². The molecule has 1 aromatic heterocycles. The molecule has 0 saturated carbocycles. The van der Waals surface area contributed by atoms with Crippen molar-refractivity contribution < 1.29 is 9.90 Å². The van der Waals surface area contributed by atoms with Gasteiger partial charge in [0.25, 0.3) is 5.91 Å². The van der Waals surface area contributed by atoms with Gasteiger partial charge in [-0.2, -0.15) is 5.10 Å². The fraction of sp³-hybridized carbons (Fsp3) is 0.636. The molecule has 94 valence electrons. The summed E-state index contributed by atoms with van der Waals surface area (Å²) in [4.78, 5) is 14.0. The summed E-state index contributed by atoms with van der Waals surface area (Å²) in [5.41, 5.74) is 6.04. The van der Waals surface area contributed by atoms with Crippen molar-refractivity contribution in [2.45, 2.75) is 31.7 Å². The molecule has 0 aliphatic carbocycles. The molecule has 1 amide bonds. The number of amides is 1. The minimum atomic E-state index is -0.141. The normalized spacial score (nSPS) is 21.2. The monoisotopic (exact) mass is 238 g/mol. The van der Waals surface area contributed by atoms with Crippen LogP contribution in [0.15, 0.2) is 6.20 Å². The number of likely N-dealkylation sites (tertiary alicyclic amines) is 1. The second-order valence-corrected chi connectivity index (χ2v) is 4.38. The zero-order valence-corrected chi connectivity index (χ0v) is 9.72. The molecule has 1 aliphatic rings. The van der Waals surface area contributed by atoms with Crippen LogP contribution < -0.4 is 5.73 Å².